The maximum atomic E-state index is 10.5. The molecule has 0 amide bonds. The largest absolute Gasteiger partial charge is 0.411 e. The van der Waals surface area contributed by atoms with Crippen LogP contribution in [0.1, 0.15) is 32.8 Å². The van der Waals surface area contributed by atoms with Gasteiger partial charge in [0.15, 0.2) is 8.32 Å². The lowest BCUT2D eigenvalue weighted by Gasteiger charge is -2.40. The molecule has 2 N–H and O–H groups in total. The molecule has 0 unspecified atom stereocenters. The highest BCUT2D eigenvalue weighted by atomic mass is 127. The predicted molar refractivity (Wildman–Crippen MR) is 122 cm³/mol. The molecule has 1 aromatic carbocycles. The van der Waals surface area contributed by atoms with Gasteiger partial charge in [0.05, 0.1) is 25.4 Å². The van der Waals surface area contributed by atoms with Crippen LogP contribution >= 0.6 is 22.6 Å². The van der Waals surface area contributed by atoms with E-state index in [1.54, 1.807) is 0 Å². The minimum Gasteiger partial charge on any atom is -0.411 e. The van der Waals surface area contributed by atoms with Crippen molar-refractivity contribution in [2.75, 3.05) is 11.0 Å². The van der Waals surface area contributed by atoms with Gasteiger partial charge in [-0.3, -0.25) is 0 Å². The van der Waals surface area contributed by atoms with Gasteiger partial charge < -0.3 is 24.1 Å². The highest BCUT2D eigenvalue weighted by molar-refractivity contribution is 14.1. The molecule has 0 saturated carbocycles. The first-order valence-corrected chi connectivity index (χ1v) is 14.4. The fourth-order valence-electron chi connectivity index (χ4n) is 3.11. The van der Waals surface area contributed by atoms with E-state index < -0.39 is 26.6 Å². The second-order valence-electron chi connectivity index (χ2n) is 9.04. The molecule has 1 aromatic rings. The lowest BCUT2D eigenvalue weighted by Crippen LogP contribution is -2.51. The first-order chi connectivity index (χ1) is 13.1. The van der Waals surface area contributed by atoms with Crippen LogP contribution in [0.5, 0.6) is 0 Å². The van der Waals surface area contributed by atoms with Gasteiger partial charge >= 0.3 is 0 Å². The number of ether oxygens (including phenoxy) is 2. The summed E-state index contributed by atoms with van der Waals surface area (Å²) in [6, 6.07) is 9.83. The summed E-state index contributed by atoms with van der Waals surface area (Å²) in [5.74, 6) is 0. The van der Waals surface area contributed by atoms with Crippen molar-refractivity contribution in [2.24, 2.45) is 0 Å². The van der Waals surface area contributed by atoms with Crippen LogP contribution in [0.15, 0.2) is 30.3 Å². The van der Waals surface area contributed by atoms with Gasteiger partial charge in [0.25, 0.3) is 0 Å². The molecule has 28 heavy (non-hydrogen) atoms. The number of aliphatic hydroxyl groups is 2. The summed E-state index contributed by atoms with van der Waals surface area (Å²) in [5, 5.41) is 20.2. The zero-order chi connectivity index (χ0) is 20.9. The SMILES string of the molecule is CC(C)(C)[Si](C)(C)O[C@H]1C[C@@H](CI)O[C@H]1[C@H](OCc1ccccc1)[C@@H](O)CO. The monoisotopic (exact) mass is 522 g/mol. The summed E-state index contributed by atoms with van der Waals surface area (Å²) in [6.45, 7) is 11.1. The third-order valence-electron chi connectivity index (χ3n) is 5.81. The highest BCUT2D eigenvalue weighted by Gasteiger charge is 2.48. The Labute approximate surface area is 184 Å². The standard InChI is InChI=1S/C21H35IO5Si/c1-21(2,3)28(4,5)27-18-11-16(12-22)26-20(18)19(17(24)13-23)25-14-15-9-7-6-8-10-15/h6-10,16-20,23-24H,11-14H2,1-5H3/t16-,17-,18-,19+,20+/m0/s1. The number of benzene rings is 1. The summed E-state index contributed by atoms with van der Waals surface area (Å²) < 4.78 is 19.9. The van der Waals surface area contributed by atoms with E-state index in [9.17, 15) is 10.2 Å². The van der Waals surface area contributed by atoms with Crippen LogP contribution in [0.3, 0.4) is 0 Å². The number of halogens is 1. The molecule has 1 fully saturated rings. The second kappa shape index (κ2) is 10.3. The van der Waals surface area contributed by atoms with Gasteiger partial charge in [-0.25, -0.2) is 0 Å². The molecule has 0 bridgehead atoms. The zero-order valence-corrected chi connectivity index (χ0v) is 20.8. The number of aliphatic hydroxyl groups excluding tert-OH is 2. The van der Waals surface area contributed by atoms with Crippen LogP contribution < -0.4 is 0 Å². The first-order valence-electron chi connectivity index (χ1n) is 9.92. The predicted octanol–water partition coefficient (Wildman–Crippen LogP) is 3.91. The van der Waals surface area contributed by atoms with Crippen LogP contribution in [0, 0.1) is 0 Å². The van der Waals surface area contributed by atoms with E-state index in [1.165, 1.54) is 0 Å². The van der Waals surface area contributed by atoms with Crippen molar-refractivity contribution in [3.63, 3.8) is 0 Å². The van der Waals surface area contributed by atoms with Gasteiger partial charge in [0.1, 0.15) is 18.3 Å². The van der Waals surface area contributed by atoms with E-state index in [1.807, 2.05) is 30.3 Å². The summed E-state index contributed by atoms with van der Waals surface area (Å²) in [5.41, 5.74) is 1.02. The van der Waals surface area contributed by atoms with Gasteiger partial charge in [-0.2, -0.15) is 0 Å². The number of alkyl halides is 1. The van der Waals surface area contributed by atoms with Crippen molar-refractivity contribution in [1.82, 2.24) is 0 Å². The topological polar surface area (TPSA) is 68.2 Å². The van der Waals surface area contributed by atoms with Crippen molar-refractivity contribution in [3.8, 4) is 0 Å². The maximum Gasteiger partial charge on any atom is 0.192 e. The molecule has 0 spiro atoms. The fourth-order valence-corrected chi connectivity index (χ4v) is 5.02. The van der Waals surface area contributed by atoms with Crippen LogP contribution in [0.25, 0.3) is 0 Å². The molecule has 1 saturated heterocycles. The van der Waals surface area contributed by atoms with E-state index >= 15 is 0 Å². The van der Waals surface area contributed by atoms with Crippen molar-refractivity contribution < 1.29 is 24.1 Å². The summed E-state index contributed by atoms with van der Waals surface area (Å²) in [6.07, 6.45) is -1.37. The van der Waals surface area contributed by atoms with Crippen molar-refractivity contribution >= 4 is 30.9 Å². The molecule has 0 aliphatic carbocycles. The summed E-state index contributed by atoms with van der Waals surface area (Å²) in [7, 11) is -2.01. The van der Waals surface area contributed by atoms with Gasteiger partial charge in [0.2, 0.25) is 0 Å². The van der Waals surface area contributed by atoms with Gasteiger partial charge in [-0.15, -0.1) is 0 Å². The fraction of sp³-hybridized carbons (Fsp3) is 0.714. The Morgan fingerprint density at radius 1 is 1.25 bits per heavy atom. The van der Waals surface area contributed by atoms with Crippen LogP contribution in [0.4, 0.5) is 0 Å². The third kappa shape index (κ3) is 6.23. The minimum absolute atomic E-state index is 0.0640. The third-order valence-corrected chi connectivity index (χ3v) is 11.3. The molecule has 1 heterocycles. The van der Waals surface area contributed by atoms with Crippen LogP contribution in [-0.4, -0.2) is 60.1 Å². The molecule has 5 nitrogen and oxygen atoms in total. The average Bonchev–Trinajstić information content (AvgIpc) is 3.03. The quantitative estimate of drug-likeness (QED) is 0.293. The molecular formula is C21H35IO5Si. The van der Waals surface area contributed by atoms with Crippen molar-refractivity contribution in [3.05, 3.63) is 35.9 Å². The molecule has 1 aliphatic rings. The smallest absolute Gasteiger partial charge is 0.192 e. The molecule has 5 atom stereocenters. The Morgan fingerprint density at radius 3 is 2.43 bits per heavy atom. The van der Waals surface area contributed by atoms with E-state index in [-0.39, 0.29) is 23.9 Å². The summed E-state index contributed by atoms with van der Waals surface area (Å²) >= 11 is 2.32. The molecule has 2 rings (SSSR count). The van der Waals surface area contributed by atoms with Crippen molar-refractivity contribution in [1.29, 1.82) is 0 Å². The number of rotatable bonds is 9. The Bertz CT molecular complexity index is 592. The molecule has 1 aliphatic heterocycles. The first kappa shape index (κ1) is 24.2. The van der Waals surface area contributed by atoms with E-state index in [0.29, 0.717) is 6.61 Å². The van der Waals surface area contributed by atoms with Gasteiger partial charge in [0, 0.05) is 10.8 Å². The van der Waals surface area contributed by atoms with Crippen LogP contribution in [0.2, 0.25) is 18.1 Å². The normalized spacial score (nSPS) is 25.6. The Hall–Kier alpha value is -0.0331. The molecule has 0 aromatic heterocycles. The number of hydrogen-bond donors (Lipinski definition) is 2. The van der Waals surface area contributed by atoms with Crippen LogP contribution in [-0.2, 0) is 20.5 Å². The second-order valence-corrected chi connectivity index (χ2v) is 14.7. The van der Waals surface area contributed by atoms with Crippen molar-refractivity contribution in [2.45, 2.75) is 82.5 Å². The van der Waals surface area contributed by atoms with E-state index in [2.05, 4.69) is 56.5 Å². The molecule has 0 radical (unpaired) electrons. The van der Waals surface area contributed by atoms with E-state index in [4.69, 9.17) is 13.9 Å². The Morgan fingerprint density at radius 2 is 1.89 bits per heavy atom. The van der Waals surface area contributed by atoms with Gasteiger partial charge in [-0.1, -0.05) is 73.7 Å². The lowest BCUT2D eigenvalue weighted by molar-refractivity contribution is -0.146. The van der Waals surface area contributed by atoms with Gasteiger partial charge in [-0.05, 0) is 23.7 Å². The Kier molecular flexibility index (Phi) is 8.94. The number of hydrogen-bond acceptors (Lipinski definition) is 5. The Balaban J connectivity index is 2.19. The zero-order valence-electron chi connectivity index (χ0n) is 17.6. The molecule has 7 heteroatoms. The summed E-state index contributed by atoms with van der Waals surface area (Å²) in [4.78, 5) is 0. The maximum absolute atomic E-state index is 10.5. The van der Waals surface area contributed by atoms with E-state index in [0.717, 1.165) is 16.4 Å². The highest BCUT2D eigenvalue weighted by Crippen LogP contribution is 2.40. The lowest BCUT2D eigenvalue weighted by atomic mass is 10.0. The molecular weight excluding hydrogens is 487 g/mol. The molecule has 160 valence electrons. The average molecular weight is 522 g/mol. The minimum atomic E-state index is -2.01.